The van der Waals surface area contributed by atoms with E-state index < -0.39 is 0 Å². The summed E-state index contributed by atoms with van der Waals surface area (Å²) in [6.45, 7) is 39.8. The van der Waals surface area contributed by atoms with E-state index in [1.54, 1.807) is 0 Å². The van der Waals surface area contributed by atoms with Gasteiger partial charge in [-0.25, -0.2) is 0 Å². The molecule has 134 heavy (non-hydrogen) atoms. The van der Waals surface area contributed by atoms with E-state index in [1.165, 1.54) is 134 Å². The maximum atomic E-state index is 10.8. The van der Waals surface area contributed by atoms with Crippen molar-refractivity contribution in [1.29, 1.82) is 0 Å². The number of carbonyl (C=O) groups is 6. The molecule has 0 saturated heterocycles. The maximum Gasteiger partial charge on any atom is 0.295 e. The maximum absolute atomic E-state index is 10.8. The van der Waals surface area contributed by atoms with E-state index in [-0.39, 0.29) is 248 Å². The smallest absolute Gasteiger partial charge is 0.295 e. The number of benzene rings is 12. The molecule has 682 valence electrons. The molecule has 0 fully saturated rings. The summed E-state index contributed by atoms with van der Waals surface area (Å²) in [6, 6.07) is 78.9. The van der Waals surface area contributed by atoms with Crippen molar-refractivity contribution < 1.29 is 253 Å². The molecule has 18 rings (SSSR count). The van der Waals surface area contributed by atoms with Gasteiger partial charge in [0, 0.05) is 255 Å². The molecule has 6 heterocycles. The van der Waals surface area contributed by atoms with E-state index in [0.29, 0.717) is 38.8 Å². The van der Waals surface area contributed by atoms with Gasteiger partial charge < -0.3 is 72.7 Å². The molecular formula is C110H116N6O12Y6-6. The van der Waals surface area contributed by atoms with Gasteiger partial charge in [0.1, 0.15) is 0 Å². The van der Waals surface area contributed by atoms with Crippen LogP contribution in [0.15, 0.2) is 194 Å². The summed E-state index contributed by atoms with van der Waals surface area (Å²) >= 11 is 0. The zero-order valence-electron chi connectivity index (χ0n) is 80.7. The Morgan fingerprint density at radius 3 is 1.07 bits per heavy atom. The minimum atomic E-state index is -0.350. The first-order chi connectivity index (χ1) is 60.7. The Labute approximate surface area is 944 Å². The molecule has 0 spiro atoms. The minimum absolute atomic E-state index is 0. The van der Waals surface area contributed by atoms with E-state index >= 15 is 0 Å². The average molecular weight is 2250 g/mol. The van der Waals surface area contributed by atoms with E-state index in [0.717, 1.165) is 107 Å². The third kappa shape index (κ3) is 25.9. The van der Waals surface area contributed by atoms with Gasteiger partial charge in [0.15, 0.2) is 37.4 Å². The van der Waals surface area contributed by atoms with Crippen LogP contribution >= 0.6 is 0 Å². The number of ether oxygens (including phenoxy) is 6. The zero-order chi connectivity index (χ0) is 89.9. The summed E-state index contributed by atoms with van der Waals surface area (Å²) < 4.78 is 31.3. The van der Waals surface area contributed by atoms with Crippen LogP contribution in [0.2, 0.25) is 0 Å². The van der Waals surface area contributed by atoms with Crippen molar-refractivity contribution in [1.82, 2.24) is 0 Å². The van der Waals surface area contributed by atoms with Crippen LogP contribution in [0.25, 0.3) is 0 Å². The largest absolute Gasteiger partial charge is 0.445 e. The van der Waals surface area contributed by atoms with Gasteiger partial charge in [0.25, 0.3) is 38.8 Å². The quantitative estimate of drug-likeness (QED) is 0.0450. The molecule has 0 N–H and O–H groups in total. The molecule has 6 radical (unpaired) electrons. The van der Waals surface area contributed by atoms with Crippen LogP contribution in [-0.4, -0.2) is 76.2 Å². The Morgan fingerprint density at radius 1 is 0.246 bits per heavy atom. The summed E-state index contributed by atoms with van der Waals surface area (Å²) in [6.07, 6.45) is 3.36. The third-order valence-electron chi connectivity index (χ3n) is 24.9. The van der Waals surface area contributed by atoms with Crippen molar-refractivity contribution in [3.63, 3.8) is 0 Å². The van der Waals surface area contributed by atoms with Crippen molar-refractivity contribution in [3.05, 3.63) is 367 Å². The standard InChI is InChI=1S/C18H18NO2.C18H19NO2.C18H18NO2.C18H19NO2.2C18H18NO2.2CH3.6Y/c1-12-8-16-10-15-6-4-5-7-17(15)19(14(3)21-11-20)18(16)9-13(12)2;1-12-8-13(2)16-10-15-6-4-5-7-17(15)19(18(16)9-12)14(3)21-11-20;1-12-8-13(2)18-16(9-12)10-15-6-4-5-7-17(15)19(18)14(3)21-11-20;1-12-8-9-18-16(13(12)2)10-15-6-4-5-7-17(15)19(18)14(3)21-11-20;1-12-8-9-16-10-15-6-4-5-7-17(15)19(14(3)21-11-20)18(16)13(12)2;1-12-8-9-13(2)18-16(12)10-15-6-4-5-7-17(15)19(18)14(3)21-11-20;;;;;;;;/h4,6-9,11,14H,10H2,1-3H3;4-9,11,14H,10H2,1-3H3;4,6-9,11,14H,10H2,1-3H3;4-9,11,14H,10H2,1-3H3;2*4,6-9,11,14H,10H2,1-3H3;2*1H3;;;;;;/q-1;;-1;;4*-1;;;;;;. The van der Waals surface area contributed by atoms with Gasteiger partial charge in [0.05, 0.1) is 0 Å². The topological polar surface area (TPSA) is 177 Å². The van der Waals surface area contributed by atoms with Crippen LogP contribution in [0.5, 0.6) is 0 Å². The van der Waals surface area contributed by atoms with E-state index in [2.05, 4.69) is 270 Å². The number of rotatable bonds is 18. The first-order valence-corrected chi connectivity index (χ1v) is 42.7. The third-order valence-corrected chi connectivity index (χ3v) is 24.9. The van der Waals surface area contributed by atoms with Crippen molar-refractivity contribution >= 4 is 107 Å². The number of para-hydroxylation sites is 2. The van der Waals surface area contributed by atoms with E-state index in [1.807, 2.05) is 102 Å². The average Bonchev–Trinajstić information content (AvgIpc) is 0.791. The first-order valence-electron chi connectivity index (χ1n) is 42.7. The molecule has 0 saturated carbocycles. The molecular weight excluding hydrogens is 2130 g/mol. The predicted octanol–water partition coefficient (Wildman–Crippen LogP) is 23.3. The predicted molar refractivity (Wildman–Crippen MR) is 512 cm³/mol. The zero-order valence-corrected chi connectivity index (χ0v) is 97.7. The number of hydrogen-bond acceptors (Lipinski definition) is 18. The molecule has 6 aliphatic heterocycles. The number of nitrogens with zero attached hydrogens (tertiary/aromatic N) is 6. The van der Waals surface area contributed by atoms with E-state index in [9.17, 15) is 28.8 Å². The van der Waals surface area contributed by atoms with Gasteiger partial charge in [-0.05, 0) is 286 Å². The first kappa shape index (κ1) is 117. The molecule has 6 unspecified atom stereocenters. The molecule has 12 aromatic carbocycles. The summed E-state index contributed by atoms with van der Waals surface area (Å²) in [5, 5.41) is 0. The number of hydrogen-bond donors (Lipinski definition) is 0. The molecule has 0 aliphatic carbocycles. The van der Waals surface area contributed by atoms with Crippen LogP contribution in [0, 0.1) is 122 Å². The number of anilines is 12. The minimum Gasteiger partial charge on any atom is -0.445 e. The molecule has 0 bridgehead atoms. The summed E-state index contributed by atoms with van der Waals surface area (Å²) in [5.41, 5.74) is 43.4. The van der Waals surface area contributed by atoms with Crippen LogP contribution < -0.4 is 29.4 Å². The van der Waals surface area contributed by atoms with Crippen LogP contribution in [0.3, 0.4) is 0 Å². The number of carbonyl (C=O) groups excluding carboxylic acids is 6. The monoisotopic (exact) mass is 2250 g/mol. The molecule has 6 atom stereocenters. The van der Waals surface area contributed by atoms with Crippen molar-refractivity contribution in [3.8, 4) is 0 Å². The second-order valence-corrected chi connectivity index (χ2v) is 33.0. The van der Waals surface area contributed by atoms with Gasteiger partial charge in [-0.2, -0.15) is 97.1 Å². The van der Waals surface area contributed by atoms with Gasteiger partial charge in [-0.3, -0.25) is 28.8 Å². The SMILES string of the molecule is Cc1cc(C)c2c(c1)Cc1cc[c-]cc1N2C(C)OC=O.Cc1cc(C)c2c(c1)N(C(C)OC=O)c1ccccc1C2.Cc1cc2c(cc1C)N(C(C)OC=O)c1c[c-]ccc1C2.Cc1ccc(C)c2c1Cc1cc[c-]cc1N2C(C)OC=O.Cc1ccc2c(c1C)Cc1ccccc1N2C(C)OC=O.Cc1ccc2c(c1C)N(C(C)OC=O)c1c[c-]ccc1C2.[CH3-].[CH3-].[Y].[Y].[Y].[Y].[Y].[Y]. The summed E-state index contributed by atoms with van der Waals surface area (Å²) in [4.78, 5) is 77.2. The van der Waals surface area contributed by atoms with Crippen LogP contribution in [0.4, 0.5) is 68.2 Å². The Hall–Kier alpha value is -7.12. The fourth-order valence-electron chi connectivity index (χ4n) is 18.4. The summed E-state index contributed by atoms with van der Waals surface area (Å²) in [5.74, 6) is 0. The van der Waals surface area contributed by atoms with Crippen LogP contribution in [-0.2, 0) is 292 Å². The molecule has 0 amide bonds. The molecule has 18 nitrogen and oxygen atoms in total. The van der Waals surface area contributed by atoms with Crippen molar-refractivity contribution in [2.45, 2.75) is 201 Å². The van der Waals surface area contributed by atoms with Crippen molar-refractivity contribution in [2.75, 3.05) is 29.4 Å². The molecule has 24 heteroatoms. The molecule has 0 aromatic heterocycles. The van der Waals surface area contributed by atoms with Crippen LogP contribution in [0.1, 0.15) is 175 Å². The Balaban J connectivity index is 0.000000281. The van der Waals surface area contributed by atoms with Gasteiger partial charge in [-0.1, -0.05) is 119 Å². The Morgan fingerprint density at radius 2 is 0.590 bits per heavy atom. The van der Waals surface area contributed by atoms with E-state index in [4.69, 9.17) is 28.4 Å². The van der Waals surface area contributed by atoms with Gasteiger partial charge >= 0.3 is 0 Å². The van der Waals surface area contributed by atoms with Gasteiger partial charge in [-0.15, -0.1) is 22.3 Å². The number of aryl methyl sites for hydroxylation is 10. The van der Waals surface area contributed by atoms with Gasteiger partial charge in [0.2, 0.25) is 0 Å². The molecule has 12 aromatic rings. The fourth-order valence-corrected chi connectivity index (χ4v) is 18.4. The normalized spacial score (nSPS) is 13.3. The number of fused-ring (bicyclic) bond motifs is 12. The second kappa shape index (κ2) is 53.9. The summed E-state index contributed by atoms with van der Waals surface area (Å²) in [7, 11) is 0. The Kier molecular flexibility index (Phi) is 47.2. The molecule has 6 aliphatic rings. The Bertz CT molecular complexity index is 5990. The van der Waals surface area contributed by atoms with Crippen molar-refractivity contribution in [2.24, 2.45) is 0 Å². The fraction of sp³-hybridized carbons (Fsp3) is 0.273. The second-order valence-electron chi connectivity index (χ2n) is 33.0.